The van der Waals surface area contributed by atoms with E-state index in [4.69, 9.17) is 0 Å². The molecule has 102 valence electrons. The van der Waals surface area contributed by atoms with Gasteiger partial charge in [-0.05, 0) is 11.1 Å². The minimum Gasteiger partial charge on any atom is -0.320 e. The summed E-state index contributed by atoms with van der Waals surface area (Å²) in [5.74, 6) is 0.956. The molecular weight excluding hydrogens is 258 g/mol. The summed E-state index contributed by atoms with van der Waals surface area (Å²) in [6.07, 6.45) is 6.08. The van der Waals surface area contributed by atoms with Crippen LogP contribution in [0, 0.1) is 0 Å². The maximum atomic E-state index is 4.67. The van der Waals surface area contributed by atoms with Crippen molar-refractivity contribution in [3.63, 3.8) is 0 Å². The largest absolute Gasteiger partial charge is 0.320 e. The number of benzene rings is 2. The summed E-state index contributed by atoms with van der Waals surface area (Å²) in [7, 11) is 2.00. The van der Waals surface area contributed by atoms with Crippen molar-refractivity contribution >= 4 is 5.78 Å². The van der Waals surface area contributed by atoms with Crippen LogP contribution in [0.15, 0.2) is 73.2 Å². The summed E-state index contributed by atoms with van der Waals surface area (Å²) in [6.45, 7) is 0. The van der Waals surface area contributed by atoms with Crippen LogP contribution in [0.4, 0.5) is 0 Å². The highest BCUT2D eigenvalue weighted by molar-refractivity contribution is 5.69. The Morgan fingerprint density at radius 1 is 0.762 bits per heavy atom. The highest BCUT2D eigenvalue weighted by Crippen LogP contribution is 2.24. The zero-order valence-corrected chi connectivity index (χ0v) is 11.8. The van der Waals surface area contributed by atoms with Crippen molar-refractivity contribution in [2.45, 2.75) is 0 Å². The van der Waals surface area contributed by atoms with Gasteiger partial charge >= 0.3 is 0 Å². The van der Waals surface area contributed by atoms with Crippen molar-refractivity contribution < 1.29 is 0 Å². The van der Waals surface area contributed by atoms with Gasteiger partial charge in [-0.25, -0.2) is 4.98 Å². The Morgan fingerprint density at radius 3 is 2.14 bits per heavy atom. The van der Waals surface area contributed by atoms with Crippen molar-refractivity contribution in [3.8, 4) is 22.4 Å². The lowest BCUT2D eigenvalue weighted by atomic mass is 10.0. The lowest BCUT2D eigenvalue weighted by Crippen LogP contribution is -1.86. The van der Waals surface area contributed by atoms with Gasteiger partial charge in [0.1, 0.15) is 0 Å². The molecule has 3 nitrogen and oxygen atoms in total. The fourth-order valence-corrected chi connectivity index (χ4v) is 2.60. The maximum Gasteiger partial charge on any atom is 0.214 e. The Kier molecular flexibility index (Phi) is 2.64. The summed E-state index contributed by atoms with van der Waals surface area (Å²) in [5, 5.41) is 0. The number of imidazole rings is 2. The predicted octanol–water partition coefficient (Wildman–Crippen LogP) is 4.01. The third kappa shape index (κ3) is 2.03. The summed E-state index contributed by atoms with van der Waals surface area (Å²) in [5.41, 5.74) is 4.60. The zero-order chi connectivity index (χ0) is 14.2. The molecule has 4 rings (SSSR count). The molecule has 2 aromatic carbocycles. The molecule has 21 heavy (non-hydrogen) atoms. The normalized spacial score (nSPS) is 11.1. The first-order chi connectivity index (χ1) is 10.3. The average molecular weight is 273 g/mol. The van der Waals surface area contributed by atoms with Gasteiger partial charge in [0.25, 0.3) is 0 Å². The minimum absolute atomic E-state index is 0.956. The molecule has 0 N–H and O–H groups in total. The molecule has 0 unspecified atom stereocenters. The molecule has 0 fully saturated rings. The van der Waals surface area contributed by atoms with E-state index in [2.05, 4.69) is 59.7 Å². The van der Waals surface area contributed by atoms with Crippen LogP contribution in [0.5, 0.6) is 0 Å². The second-order valence-corrected chi connectivity index (χ2v) is 5.19. The molecule has 0 amide bonds. The van der Waals surface area contributed by atoms with E-state index in [9.17, 15) is 0 Å². The Bertz CT molecular complexity index is 883. The first kappa shape index (κ1) is 12.0. The van der Waals surface area contributed by atoms with Crippen molar-refractivity contribution in [2.75, 3.05) is 0 Å². The monoisotopic (exact) mass is 273 g/mol. The van der Waals surface area contributed by atoms with Gasteiger partial charge < -0.3 is 4.57 Å². The number of aromatic nitrogens is 3. The molecule has 0 atom stereocenters. The number of hydrogen-bond acceptors (Lipinski definition) is 1. The van der Waals surface area contributed by atoms with Gasteiger partial charge in [0.15, 0.2) is 0 Å². The Hall–Kier alpha value is -2.81. The lowest BCUT2D eigenvalue weighted by Gasteiger charge is -2.02. The molecule has 0 aliphatic carbocycles. The third-order valence-corrected chi connectivity index (χ3v) is 3.77. The molecule has 0 saturated heterocycles. The molecule has 0 spiro atoms. The molecule has 3 heteroatoms. The molecule has 4 aromatic rings. The van der Waals surface area contributed by atoms with Crippen LogP contribution in [-0.2, 0) is 7.05 Å². The smallest absolute Gasteiger partial charge is 0.214 e. The van der Waals surface area contributed by atoms with Gasteiger partial charge in [-0.3, -0.25) is 4.40 Å². The first-order valence-corrected chi connectivity index (χ1v) is 6.97. The van der Waals surface area contributed by atoms with Crippen LogP contribution in [0.1, 0.15) is 0 Å². The molecule has 0 radical (unpaired) electrons. The molecular formula is C18H15N3. The van der Waals surface area contributed by atoms with Gasteiger partial charge in [-0.1, -0.05) is 54.6 Å². The highest BCUT2D eigenvalue weighted by atomic mass is 15.2. The Morgan fingerprint density at radius 2 is 1.43 bits per heavy atom. The number of aryl methyl sites for hydroxylation is 1. The van der Waals surface area contributed by atoms with E-state index in [1.54, 1.807) is 0 Å². The van der Waals surface area contributed by atoms with Gasteiger partial charge in [-0.2, -0.15) is 0 Å². The fourth-order valence-electron chi connectivity index (χ4n) is 2.60. The third-order valence-electron chi connectivity index (χ3n) is 3.77. The minimum atomic E-state index is 0.956. The van der Waals surface area contributed by atoms with Crippen molar-refractivity contribution in [1.29, 1.82) is 0 Å². The second-order valence-electron chi connectivity index (χ2n) is 5.19. The number of fused-ring (bicyclic) bond motifs is 1. The van der Waals surface area contributed by atoms with Crippen LogP contribution < -0.4 is 0 Å². The molecule has 2 aromatic heterocycles. The number of hydrogen-bond donors (Lipinski definition) is 0. The summed E-state index contributed by atoms with van der Waals surface area (Å²) >= 11 is 0. The van der Waals surface area contributed by atoms with E-state index in [1.165, 1.54) is 11.1 Å². The first-order valence-electron chi connectivity index (χ1n) is 6.97. The van der Waals surface area contributed by atoms with Crippen LogP contribution >= 0.6 is 0 Å². The predicted molar refractivity (Wildman–Crippen MR) is 85.0 cm³/mol. The summed E-state index contributed by atoms with van der Waals surface area (Å²) < 4.78 is 4.06. The van der Waals surface area contributed by atoms with E-state index in [0.717, 1.165) is 17.0 Å². The van der Waals surface area contributed by atoms with Gasteiger partial charge in [0.05, 0.1) is 5.69 Å². The summed E-state index contributed by atoms with van der Waals surface area (Å²) in [6, 6.07) is 19.0. The van der Waals surface area contributed by atoms with Crippen LogP contribution in [0.25, 0.3) is 28.2 Å². The van der Waals surface area contributed by atoms with E-state index >= 15 is 0 Å². The summed E-state index contributed by atoms with van der Waals surface area (Å²) in [4.78, 5) is 4.67. The van der Waals surface area contributed by atoms with E-state index in [1.807, 2.05) is 34.5 Å². The van der Waals surface area contributed by atoms with Crippen molar-refractivity contribution in [3.05, 3.63) is 73.2 Å². The highest BCUT2D eigenvalue weighted by Gasteiger charge is 2.06. The molecule has 0 saturated carbocycles. The quantitative estimate of drug-likeness (QED) is 0.541. The van der Waals surface area contributed by atoms with Gasteiger partial charge in [-0.15, -0.1) is 0 Å². The average Bonchev–Trinajstić information content (AvgIpc) is 3.11. The van der Waals surface area contributed by atoms with Gasteiger partial charge in [0.2, 0.25) is 5.78 Å². The van der Waals surface area contributed by atoms with E-state index in [0.29, 0.717) is 0 Å². The van der Waals surface area contributed by atoms with Crippen molar-refractivity contribution in [2.24, 2.45) is 7.05 Å². The van der Waals surface area contributed by atoms with Gasteiger partial charge in [0, 0.05) is 31.2 Å². The van der Waals surface area contributed by atoms with Crippen LogP contribution in [0.3, 0.4) is 0 Å². The zero-order valence-electron chi connectivity index (χ0n) is 11.8. The molecule has 0 aliphatic heterocycles. The van der Waals surface area contributed by atoms with Crippen LogP contribution in [0.2, 0.25) is 0 Å². The number of rotatable bonds is 2. The Labute approximate surface area is 123 Å². The SMILES string of the molecule is Cn1ccn2cc(-c3ccc(-c4ccccc4)cc3)nc12. The van der Waals surface area contributed by atoms with Crippen molar-refractivity contribution in [1.82, 2.24) is 14.0 Å². The fraction of sp³-hybridized carbons (Fsp3) is 0.0556. The second kappa shape index (κ2) is 4.63. The lowest BCUT2D eigenvalue weighted by molar-refractivity contribution is 0.938. The maximum absolute atomic E-state index is 4.67. The standard InChI is InChI=1S/C18H15N3/c1-20-11-12-21-13-17(19-18(20)21)16-9-7-15(8-10-16)14-5-3-2-4-6-14/h2-13H,1H3. The van der Waals surface area contributed by atoms with Crippen LogP contribution in [-0.4, -0.2) is 14.0 Å². The Balaban J connectivity index is 1.73. The number of nitrogens with zero attached hydrogens (tertiary/aromatic N) is 3. The molecule has 0 aliphatic rings. The molecule has 0 bridgehead atoms. The van der Waals surface area contributed by atoms with E-state index in [-0.39, 0.29) is 0 Å². The van der Waals surface area contributed by atoms with E-state index < -0.39 is 0 Å². The topological polar surface area (TPSA) is 22.2 Å². The molecule has 2 heterocycles.